The van der Waals surface area contributed by atoms with Gasteiger partial charge in [-0.05, 0) is 18.2 Å². The molecule has 20 heavy (non-hydrogen) atoms. The highest BCUT2D eigenvalue weighted by Gasteiger charge is 2.09. The summed E-state index contributed by atoms with van der Waals surface area (Å²) in [6.45, 7) is 5.32. The Labute approximate surface area is 120 Å². The van der Waals surface area contributed by atoms with Crippen molar-refractivity contribution in [3.05, 3.63) is 23.8 Å². The number of hydrogen-bond acceptors (Lipinski definition) is 5. The average Bonchev–Trinajstić information content (AvgIpc) is 2.43. The van der Waals surface area contributed by atoms with Crippen molar-refractivity contribution in [3.8, 4) is 11.5 Å². The molecule has 0 saturated carbocycles. The van der Waals surface area contributed by atoms with Gasteiger partial charge in [0.1, 0.15) is 24.2 Å². The van der Waals surface area contributed by atoms with E-state index < -0.39 is 6.10 Å². The summed E-state index contributed by atoms with van der Waals surface area (Å²) in [7, 11) is 3.19. The molecule has 0 amide bonds. The van der Waals surface area contributed by atoms with Gasteiger partial charge in [0.25, 0.3) is 0 Å². The summed E-state index contributed by atoms with van der Waals surface area (Å²) >= 11 is 0. The number of ether oxygens (including phenoxy) is 3. The molecular weight excluding hydrogens is 258 g/mol. The molecule has 0 spiro atoms. The van der Waals surface area contributed by atoms with E-state index >= 15 is 0 Å². The summed E-state index contributed by atoms with van der Waals surface area (Å²) in [6, 6.07) is 6.02. The van der Waals surface area contributed by atoms with Gasteiger partial charge < -0.3 is 24.6 Å². The molecule has 2 N–H and O–H groups in total. The lowest BCUT2D eigenvalue weighted by molar-refractivity contribution is 0.0323. The van der Waals surface area contributed by atoms with Crippen LogP contribution in [0.15, 0.2) is 18.2 Å². The van der Waals surface area contributed by atoms with Crippen LogP contribution in [0.5, 0.6) is 11.5 Å². The van der Waals surface area contributed by atoms with Gasteiger partial charge in [0, 0.05) is 25.3 Å². The normalized spacial score (nSPS) is 12.5. The topological polar surface area (TPSA) is 60.0 Å². The van der Waals surface area contributed by atoms with E-state index in [0.717, 1.165) is 17.1 Å². The summed E-state index contributed by atoms with van der Waals surface area (Å²) in [6.07, 6.45) is -0.631. The van der Waals surface area contributed by atoms with Gasteiger partial charge in [-0.1, -0.05) is 13.8 Å². The molecule has 0 heterocycles. The molecule has 1 aromatic rings. The molecule has 0 aliphatic carbocycles. The van der Waals surface area contributed by atoms with Gasteiger partial charge in [-0.2, -0.15) is 0 Å². The molecule has 0 aliphatic heterocycles. The number of nitrogens with one attached hydrogen (secondary N) is 1. The molecule has 114 valence electrons. The van der Waals surface area contributed by atoms with Gasteiger partial charge in [0.2, 0.25) is 0 Å². The van der Waals surface area contributed by atoms with Gasteiger partial charge in [-0.3, -0.25) is 0 Å². The maximum atomic E-state index is 9.63. The zero-order valence-electron chi connectivity index (χ0n) is 12.7. The van der Waals surface area contributed by atoms with Crippen molar-refractivity contribution in [1.82, 2.24) is 5.32 Å². The van der Waals surface area contributed by atoms with E-state index in [1.54, 1.807) is 14.2 Å². The number of aliphatic hydroxyl groups is 1. The predicted octanol–water partition coefficient (Wildman–Crippen LogP) is 1.58. The maximum absolute atomic E-state index is 9.63. The number of benzene rings is 1. The number of aliphatic hydroxyl groups excluding tert-OH is 1. The fourth-order valence-electron chi connectivity index (χ4n) is 1.70. The van der Waals surface area contributed by atoms with Crippen molar-refractivity contribution in [3.63, 3.8) is 0 Å². The highest BCUT2D eigenvalue weighted by Crippen LogP contribution is 2.24. The first kappa shape index (κ1) is 16.8. The number of methoxy groups -OCH3 is 2. The summed E-state index contributed by atoms with van der Waals surface area (Å²) in [5.74, 6) is 1.53. The van der Waals surface area contributed by atoms with E-state index in [-0.39, 0.29) is 13.2 Å². The molecule has 1 unspecified atom stereocenters. The second kappa shape index (κ2) is 8.79. The molecule has 0 fully saturated rings. The Morgan fingerprint density at radius 2 is 1.95 bits per heavy atom. The highest BCUT2D eigenvalue weighted by atomic mass is 16.5. The number of rotatable bonds is 9. The molecule has 0 aromatic heterocycles. The van der Waals surface area contributed by atoms with Gasteiger partial charge >= 0.3 is 0 Å². The summed E-state index contributed by atoms with van der Waals surface area (Å²) in [5.41, 5.74) is 1.00. The molecule has 0 radical (unpaired) electrons. The smallest absolute Gasteiger partial charge is 0.124 e. The third-order valence-corrected chi connectivity index (χ3v) is 2.76. The monoisotopic (exact) mass is 283 g/mol. The van der Waals surface area contributed by atoms with Crippen molar-refractivity contribution < 1.29 is 19.3 Å². The van der Waals surface area contributed by atoms with Gasteiger partial charge in [-0.15, -0.1) is 0 Å². The van der Waals surface area contributed by atoms with E-state index in [4.69, 9.17) is 14.2 Å². The molecular formula is C15H25NO4. The Balaban J connectivity index is 2.71. The van der Waals surface area contributed by atoms with Crippen LogP contribution in [0.4, 0.5) is 0 Å². The first-order valence-corrected chi connectivity index (χ1v) is 6.77. The van der Waals surface area contributed by atoms with Crippen LogP contribution in [0.2, 0.25) is 0 Å². The lowest BCUT2D eigenvalue weighted by atomic mass is 10.1. The Hall–Kier alpha value is -1.30. The fraction of sp³-hybridized carbons (Fsp3) is 0.600. The van der Waals surface area contributed by atoms with E-state index in [1.807, 2.05) is 18.2 Å². The average molecular weight is 283 g/mol. The minimum Gasteiger partial charge on any atom is -0.497 e. The Morgan fingerprint density at radius 3 is 2.55 bits per heavy atom. The number of hydrogen-bond donors (Lipinski definition) is 2. The molecule has 1 rings (SSSR count). The minimum atomic E-state index is -0.631. The highest BCUT2D eigenvalue weighted by molar-refractivity contribution is 5.40. The first-order valence-electron chi connectivity index (χ1n) is 6.77. The predicted molar refractivity (Wildman–Crippen MR) is 78.3 cm³/mol. The zero-order valence-corrected chi connectivity index (χ0v) is 12.7. The second-order valence-corrected chi connectivity index (χ2v) is 4.93. The van der Waals surface area contributed by atoms with Gasteiger partial charge in [-0.25, -0.2) is 0 Å². The summed E-state index contributed by atoms with van der Waals surface area (Å²) < 4.78 is 15.8. The molecule has 1 aromatic carbocycles. The lowest BCUT2D eigenvalue weighted by Crippen LogP contribution is -2.24. The lowest BCUT2D eigenvalue weighted by Gasteiger charge is -2.16. The molecule has 5 heteroatoms. The third kappa shape index (κ3) is 5.77. The third-order valence-electron chi connectivity index (χ3n) is 2.76. The molecule has 1 atom stereocenters. The van der Waals surface area contributed by atoms with Crippen LogP contribution in [-0.4, -0.2) is 44.7 Å². The summed E-state index contributed by atoms with van der Waals surface area (Å²) in [5, 5.41) is 13.0. The van der Waals surface area contributed by atoms with Crippen LogP contribution in [0.1, 0.15) is 19.4 Å². The van der Waals surface area contributed by atoms with Crippen LogP contribution >= 0.6 is 0 Å². The summed E-state index contributed by atoms with van der Waals surface area (Å²) in [4.78, 5) is 0. The SMILES string of the molecule is COCC(O)COc1ccc(OC)cc1CNC(C)C. The van der Waals surface area contributed by atoms with Crippen molar-refractivity contribution >= 4 is 0 Å². The van der Waals surface area contributed by atoms with Gasteiger partial charge in [0.15, 0.2) is 0 Å². The second-order valence-electron chi connectivity index (χ2n) is 4.93. The van der Waals surface area contributed by atoms with Gasteiger partial charge in [0.05, 0.1) is 13.7 Å². The fourth-order valence-corrected chi connectivity index (χ4v) is 1.70. The zero-order chi connectivity index (χ0) is 15.0. The standard InChI is InChI=1S/C15H25NO4/c1-11(2)16-8-12-7-14(19-4)5-6-15(12)20-10-13(17)9-18-3/h5-7,11,13,16-17H,8-10H2,1-4H3. The van der Waals surface area contributed by atoms with Crippen molar-refractivity contribution in [2.24, 2.45) is 0 Å². The molecule has 0 saturated heterocycles. The van der Waals surface area contributed by atoms with E-state index in [0.29, 0.717) is 12.6 Å². The van der Waals surface area contributed by atoms with E-state index in [1.165, 1.54) is 0 Å². The van der Waals surface area contributed by atoms with E-state index in [9.17, 15) is 5.11 Å². The van der Waals surface area contributed by atoms with Crippen LogP contribution in [-0.2, 0) is 11.3 Å². The Bertz CT molecular complexity index is 395. The van der Waals surface area contributed by atoms with Crippen LogP contribution in [0, 0.1) is 0 Å². The quantitative estimate of drug-likeness (QED) is 0.720. The maximum Gasteiger partial charge on any atom is 0.124 e. The van der Waals surface area contributed by atoms with Crippen molar-refractivity contribution in [2.75, 3.05) is 27.4 Å². The van der Waals surface area contributed by atoms with E-state index in [2.05, 4.69) is 19.2 Å². The molecule has 0 bridgehead atoms. The van der Waals surface area contributed by atoms with Crippen molar-refractivity contribution in [2.45, 2.75) is 32.5 Å². The Morgan fingerprint density at radius 1 is 1.20 bits per heavy atom. The Kier molecular flexibility index (Phi) is 7.36. The van der Waals surface area contributed by atoms with Crippen LogP contribution in [0.25, 0.3) is 0 Å². The van der Waals surface area contributed by atoms with Crippen LogP contribution in [0.3, 0.4) is 0 Å². The molecule has 5 nitrogen and oxygen atoms in total. The van der Waals surface area contributed by atoms with Crippen LogP contribution < -0.4 is 14.8 Å². The minimum absolute atomic E-state index is 0.203. The molecule has 0 aliphatic rings. The first-order chi connectivity index (χ1) is 9.56. The largest absolute Gasteiger partial charge is 0.497 e. The van der Waals surface area contributed by atoms with Crippen molar-refractivity contribution in [1.29, 1.82) is 0 Å².